The van der Waals surface area contributed by atoms with Crippen LogP contribution in [-0.4, -0.2) is 18.7 Å². The molecule has 110 valence electrons. The average molecular weight is 282 g/mol. The molecular formula is C15H20F2N2O. The summed E-state index contributed by atoms with van der Waals surface area (Å²) in [5.41, 5.74) is -0.632. The van der Waals surface area contributed by atoms with Gasteiger partial charge >= 0.3 is 0 Å². The highest BCUT2D eigenvalue weighted by Crippen LogP contribution is 2.21. The molecule has 0 fully saturated rings. The molecule has 1 N–H and O–H groups in total. The normalized spacial score (nSPS) is 13.6. The number of hydrogen-bond acceptors (Lipinski definition) is 3. The van der Waals surface area contributed by atoms with E-state index in [4.69, 9.17) is 10.00 Å². The van der Waals surface area contributed by atoms with Crippen molar-refractivity contribution in [2.45, 2.75) is 38.6 Å². The summed E-state index contributed by atoms with van der Waals surface area (Å²) in [5, 5.41) is 12.3. The van der Waals surface area contributed by atoms with Crippen molar-refractivity contribution in [1.29, 1.82) is 5.26 Å². The Morgan fingerprint density at radius 1 is 1.35 bits per heavy atom. The first-order chi connectivity index (χ1) is 9.52. The van der Waals surface area contributed by atoms with Gasteiger partial charge in [0, 0.05) is 0 Å². The van der Waals surface area contributed by atoms with Gasteiger partial charge in [-0.1, -0.05) is 13.0 Å². The molecule has 3 nitrogen and oxygen atoms in total. The zero-order valence-electron chi connectivity index (χ0n) is 11.9. The molecular weight excluding hydrogens is 262 g/mol. The largest absolute Gasteiger partial charge is 0.488 e. The van der Waals surface area contributed by atoms with Crippen molar-refractivity contribution in [3.63, 3.8) is 0 Å². The fraction of sp³-hybridized carbons (Fsp3) is 0.533. The standard InChI is InChI=1S/C15H20F2N2O/c1-3-9-19-15(2,11-18)8-5-10-20-14-12(16)6-4-7-13(14)17/h4,6-7,19H,3,5,8-10H2,1-2H3. The molecule has 0 heterocycles. The second-order valence-electron chi connectivity index (χ2n) is 4.87. The van der Waals surface area contributed by atoms with E-state index in [9.17, 15) is 8.78 Å². The van der Waals surface area contributed by atoms with Gasteiger partial charge < -0.3 is 4.74 Å². The highest BCUT2D eigenvalue weighted by Gasteiger charge is 2.22. The second kappa shape index (κ2) is 7.81. The van der Waals surface area contributed by atoms with Crippen molar-refractivity contribution >= 4 is 0 Å². The molecule has 0 spiro atoms. The van der Waals surface area contributed by atoms with Crippen LogP contribution >= 0.6 is 0 Å². The van der Waals surface area contributed by atoms with Crippen molar-refractivity contribution in [2.24, 2.45) is 0 Å². The van der Waals surface area contributed by atoms with Gasteiger partial charge in [-0.25, -0.2) is 8.78 Å². The lowest BCUT2D eigenvalue weighted by Gasteiger charge is -2.23. The average Bonchev–Trinajstić information content (AvgIpc) is 2.44. The van der Waals surface area contributed by atoms with Crippen LogP contribution in [0.3, 0.4) is 0 Å². The second-order valence-corrected chi connectivity index (χ2v) is 4.87. The summed E-state index contributed by atoms with van der Waals surface area (Å²) in [6.07, 6.45) is 2.03. The van der Waals surface area contributed by atoms with Crippen LogP contribution < -0.4 is 10.1 Å². The van der Waals surface area contributed by atoms with Gasteiger partial charge in [0.15, 0.2) is 17.4 Å². The highest BCUT2D eigenvalue weighted by molar-refractivity contribution is 5.25. The van der Waals surface area contributed by atoms with Gasteiger partial charge in [-0.2, -0.15) is 5.26 Å². The molecule has 0 saturated heterocycles. The van der Waals surface area contributed by atoms with E-state index in [1.165, 1.54) is 6.07 Å². The summed E-state index contributed by atoms with van der Waals surface area (Å²) < 4.78 is 31.8. The molecule has 0 aromatic heterocycles. The fourth-order valence-corrected chi connectivity index (χ4v) is 1.81. The van der Waals surface area contributed by atoms with E-state index in [0.29, 0.717) is 12.8 Å². The molecule has 1 aromatic rings. The third-order valence-corrected chi connectivity index (χ3v) is 3.00. The minimum Gasteiger partial charge on any atom is -0.488 e. The van der Waals surface area contributed by atoms with Crippen molar-refractivity contribution in [3.8, 4) is 11.8 Å². The Bertz CT molecular complexity index is 453. The summed E-state index contributed by atoms with van der Waals surface area (Å²) in [5.74, 6) is -1.78. The summed E-state index contributed by atoms with van der Waals surface area (Å²) in [6, 6.07) is 5.82. The quantitative estimate of drug-likeness (QED) is 0.743. The lowest BCUT2D eigenvalue weighted by atomic mass is 9.98. The number of hydrogen-bond donors (Lipinski definition) is 1. The molecule has 0 bridgehead atoms. The highest BCUT2D eigenvalue weighted by atomic mass is 19.1. The van der Waals surface area contributed by atoms with Crippen LogP contribution in [0.2, 0.25) is 0 Å². The SMILES string of the molecule is CCCNC(C)(C#N)CCCOc1c(F)cccc1F. The van der Waals surface area contributed by atoms with E-state index in [-0.39, 0.29) is 12.4 Å². The van der Waals surface area contributed by atoms with Gasteiger partial charge in [-0.15, -0.1) is 0 Å². The van der Waals surface area contributed by atoms with E-state index >= 15 is 0 Å². The van der Waals surface area contributed by atoms with Crippen molar-refractivity contribution < 1.29 is 13.5 Å². The number of nitrogens with zero attached hydrogens (tertiary/aromatic N) is 1. The van der Waals surface area contributed by atoms with Crippen molar-refractivity contribution in [1.82, 2.24) is 5.32 Å². The third kappa shape index (κ3) is 4.78. The predicted molar refractivity (Wildman–Crippen MR) is 73.4 cm³/mol. The first-order valence-corrected chi connectivity index (χ1v) is 6.75. The molecule has 1 atom stereocenters. The Labute approximate surface area is 118 Å². The summed E-state index contributed by atoms with van der Waals surface area (Å²) in [4.78, 5) is 0. The molecule has 20 heavy (non-hydrogen) atoms. The van der Waals surface area contributed by atoms with Gasteiger partial charge in [0.05, 0.1) is 12.7 Å². The zero-order valence-corrected chi connectivity index (χ0v) is 11.9. The van der Waals surface area contributed by atoms with Gasteiger partial charge in [0.25, 0.3) is 0 Å². The van der Waals surface area contributed by atoms with Crippen LogP contribution in [0.15, 0.2) is 18.2 Å². The Morgan fingerprint density at radius 2 is 2.00 bits per heavy atom. The first-order valence-electron chi connectivity index (χ1n) is 6.75. The van der Waals surface area contributed by atoms with E-state index in [2.05, 4.69) is 11.4 Å². The number of halogens is 2. The van der Waals surface area contributed by atoms with Gasteiger partial charge in [-0.3, -0.25) is 5.32 Å². The van der Waals surface area contributed by atoms with E-state index < -0.39 is 17.2 Å². The zero-order chi connectivity index (χ0) is 15.0. The number of benzene rings is 1. The summed E-state index contributed by atoms with van der Waals surface area (Å²) in [6.45, 7) is 4.76. The number of nitrogens with one attached hydrogen (secondary N) is 1. The fourth-order valence-electron chi connectivity index (χ4n) is 1.81. The Morgan fingerprint density at radius 3 is 2.55 bits per heavy atom. The molecule has 1 rings (SSSR count). The molecule has 0 aliphatic rings. The molecule has 5 heteroatoms. The molecule has 0 aliphatic carbocycles. The van der Waals surface area contributed by atoms with Crippen LogP contribution in [0.5, 0.6) is 5.75 Å². The minimum atomic E-state index is -0.711. The third-order valence-electron chi connectivity index (χ3n) is 3.00. The Kier molecular flexibility index (Phi) is 6.40. The molecule has 0 amide bonds. The van der Waals surface area contributed by atoms with Crippen LogP contribution in [-0.2, 0) is 0 Å². The minimum absolute atomic E-state index is 0.170. The van der Waals surface area contributed by atoms with Gasteiger partial charge in [0.1, 0.15) is 5.54 Å². The van der Waals surface area contributed by atoms with Gasteiger partial charge in [0.2, 0.25) is 0 Å². The maximum Gasteiger partial charge on any atom is 0.190 e. The van der Waals surface area contributed by atoms with Crippen LogP contribution in [0, 0.1) is 23.0 Å². The number of ether oxygens (including phenoxy) is 1. The summed E-state index contributed by atoms with van der Waals surface area (Å²) >= 11 is 0. The van der Waals surface area contributed by atoms with Crippen LogP contribution in [0.4, 0.5) is 8.78 Å². The molecule has 0 radical (unpaired) electrons. The predicted octanol–water partition coefficient (Wildman–Crippen LogP) is 3.41. The molecule has 0 saturated carbocycles. The Balaban J connectivity index is 2.43. The smallest absolute Gasteiger partial charge is 0.190 e. The van der Waals surface area contributed by atoms with E-state index in [1.807, 2.05) is 13.8 Å². The van der Waals surface area contributed by atoms with Crippen molar-refractivity contribution in [3.05, 3.63) is 29.8 Å². The molecule has 0 aliphatic heterocycles. The maximum atomic E-state index is 13.3. The van der Waals surface area contributed by atoms with Gasteiger partial charge in [-0.05, 0) is 44.9 Å². The first kappa shape index (κ1) is 16.4. The monoisotopic (exact) mass is 282 g/mol. The maximum absolute atomic E-state index is 13.3. The number of rotatable bonds is 8. The van der Waals surface area contributed by atoms with E-state index in [0.717, 1.165) is 25.1 Å². The number of para-hydroxylation sites is 1. The molecule has 1 aromatic carbocycles. The Hall–Kier alpha value is -1.67. The summed E-state index contributed by atoms with van der Waals surface area (Å²) in [7, 11) is 0. The lowest BCUT2D eigenvalue weighted by molar-refractivity contribution is 0.262. The lowest BCUT2D eigenvalue weighted by Crippen LogP contribution is -2.41. The number of nitriles is 1. The molecule has 1 unspecified atom stereocenters. The van der Waals surface area contributed by atoms with E-state index in [1.54, 1.807) is 0 Å². The topological polar surface area (TPSA) is 45.0 Å². The van der Waals surface area contributed by atoms with Crippen LogP contribution in [0.25, 0.3) is 0 Å². The van der Waals surface area contributed by atoms with Crippen molar-refractivity contribution in [2.75, 3.05) is 13.2 Å². The van der Waals surface area contributed by atoms with Crippen LogP contribution in [0.1, 0.15) is 33.1 Å².